The first-order valence-electron chi connectivity index (χ1n) is 8.08. The molecule has 0 saturated heterocycles. The lowest BCUT2D eigenvalue weighted by molar-refractivity contribution is 0.0164. The topological polar surface area (TPSA) is 38.7 Å². The van der Waals surface area contributed by atoms with Crippen molar-refractivity contribution in [3.05, 3.63) is 65.7 Å². The minimum absolute atomic E-state index is 0.0612. The average molecular weight is 314 g/mol. The first-order valence-corrected chi connectivity index (χ1v) is 8.08. The zero-order valence-electron chi connectivity index (χ0n) is 14.2. The summed E-state index contributed by atoms with van der Waals surface area (Å²) in [5.74, 6) is 0.758. The molecule has 0 aliphatic rings. The van der Waals surface area contributed by atoms with Crippen LogP contribution in [0, 0.1) is 0 Å². The quantitative estimate of drug-likeness (QED) is 0.805. The lowest BCUT2D eigenvalue weighted by Gasteiger charge is -2.26. The van der Waals surface area contributed by atoms with Gasteiger partial charge < -0.3 is 14.6 Å². The molecule has 0 spiro atoms. The fourth-order valence-electron chi connectivity index (χ4n) is 2.48. The number of benzene rings is 2. The molecule has 0 aliphatic heterocycles. The van der Waals surface area contributed by atoms with Gasteiger partial charge in [0.05, 0.1) is 6.61 Å². The maximum Gasteiger partial charge on any atom is 0.119 e. The second kappa shape index (κ2) is 8.14. The molecule has 3 nitrogen and oxygen atoms in total. The number of hydrogen-bond donors (Lipinski definition) is 1. The molecule has 124 valence electrons. The number of ether oxygens (including phenoxy) is 2. The van der Waals surface area contributed by atoms with E-state index < -0.39 is 6.10 Å². The van der Waals surface area contributed by atoms with Crippen molar-refractivity contribution in [1.82, 2.24) is 0 Å². The highest BCUT2D eigenvalue weighted by Crippen LogP contribution is 2.32. The molecule has 0 radical (unpaired) electrons. The summed E-state index contributed by atoms with van der Waals surface area (Å²) in [6.07, 6.45) is -0.601. The van der Waals surface area contributed by atoms with Crippen LogP contribution in [0.5, 0.6) is 5.75 Å². The Bertz CT molecular complexity index is 576. The zero-order valence-corrected chi connectivity index (χ0v) is 14.2. The first kappa shape index (κ1) is 17.5. The highest BCUT2D eigenvalue weighted by Gasteiger charge is 2.22. The minimum atomic E-state index is -0.601. The van der Waals surface area contributed by atoms with Crippen molar-refractivity contribution in [1.29, 1.82) is 0 Å². The van der Waals surface area contributed by atoms with E-state index in [0.29, 0.717) is 13.2 Å². The monoisotopic (exact) mass is 314 g/mol. The van der Waals surface area contributed by atoms with Gasteiger partial charge in [-0.3, -0.25) is 0 Å². The molecule has 0 fully saturated rings. The molecule has 2 aromatic rings. The molecule has 23 heavy (non-hydrogen) atoms. The predicted octanol–water partition coefficient (Wildman–Crippen LogP) is 3.79. The average Bonchev–Trinajstić information content (AvgIpc) is 2.59. The molecule has 2 aromatic carbocycles. The molecule has 0 heterocycles. The Morgan fingerprint density at radius 3 is 2.13 bits per heavy atom. The standard InChI is InChI=1S/C20H26O3/c1-4-22-14-18(21)15-23-19-12-10-17(11-13-19)20(2,3)16-8-6-5-7-9-16/h5-13,18,21H,4,14-15H2,1-3H3. The highest BCUT2D eigenvalue weighted by molar-refractivity contribution is 5.39. The smallest absolute Gasteiger partial charge is 0.119 e. The van der Waals surface area contributed by atoms with Crippen molar-refractivity contribution in [3.63, 3.8) is 0 Å². The Hall–Kier alpha value is -1.84. The summed E-state index contributed by atoms with van der Waals surface area (Å²) >= 11 is 0. The van der Waals surface area contributed by atoms with Gasteiger partial charge in [-0.1, -0.05) is 56.3 Å². The van der Waals surface area contributed by atoms with Gasteiger partial charge in [-0.2, -0.15) is 0 Å². The number of aliphatic hydroxyl groups excluding tert-OH is 1. The molecule has 1 unspecified atom stereocenters. The molecule has 0 bridgehead atoms. The molecule has 2 rings (SSSR count). The maximum absolute atomic E-state index is 9.72. The van der Waals surface area contributed by atoms with Crippen LogP contribution in [0.1, 0.15) is 31.9 Å². The van der Waals surface area contributed by atoms with Gasteiger partial charge >= 0.3 is 0 Å². The third-order valence-corrected chi connectivity index (χ3v) is 4.03. The van der Waals surface area contributed by atoms with E-state index in [1.165, 1.54) is 11.1 Å². The minimum Gasteiger partial charge on any atom is -0.491 e. The summed E-state index contributed by atoms with van der Waals surface area (Å²) in [5.41, 5.74) is 2.44. The van der Waals surface area contributed by atoms with Crippen molar-refractivity contribution in [3.8, 4) is 5.75 Å². The molecular formula is C20H26O3. The summed E-state index contributed by atoms with van der Waals surface area (Å²) in [6, 6.07) is 18.5. The Morgan fingerprint density at radius 1 is 0.913 bits per heavy atom. The summed E-state index contributed by atoms with van der Waals surface area (Å²) in [7, 11) is 0. The normalized spacial score (nSPS) is 12.9. The van der Waals surface area contributed by atoms with E-state index in [4.69, 9.17) is 9.47 Å². The molecule has 3 heteroatoms. The Balaban J connectivity index is 1.99. The van der Waals surface area contributed by atoms with Crippen LogP contribution in [-0.4, -0.2) is 31.0 Å². The Labute approximate surface area is 138 Å². The Kier molecular flexibility index (Phi) is 6.20. The number of rotatable bonds is 8. The van der Waals surface area contributed by atoms with Crippen LogP contribution >= 0.6 is 0 Å². The van der Waals surface area contributed by atoms with E-state index in [9.17, 15) is 5.11 Å². The van der Waals surface area contributed by atoms with Gasteiger partial charge in [-0.25, -0.2) is 0 Å². The van der Waals surface area contributed by atoms with Gasteiger partial charge in [-0.05, 0) is 30.2 Å². The zero-order chi connectivity index (χ0) is 16.7. The van der Waals surface area contributed by atoms with Crippen molar-refractivity contribution in [2.24, 2.45) is 0 Å². The lowest BCUT2D eigenvalue weighted by atomic mass is 9.78. The third-order valence-electron chi connectivity index (χ3n) is 4.03. The van der Waals surface area contributed by atoms with Crippen LogP contribution in [0.4, 0.5) is 0 Å². The van der Waals surface area contributed by atoms with E-state index in [1.54, 1.807) is 0 Å². The predicted molar refractivity (Wildman–Crippen MR) is 93.0 cm³/mol. The van der Waals surface area contributed by atoms with Gasteiger partial charge in [0.2, 0.25) is 0 Å². The van der Waals surface area contributed by atoms with E-state index in [1.807, 2.05) is 25.1 Å². The van der Waals surface area contributed by atoms with Crippen molar-refractivity contribution < 1.29 is 14.6 Å². The van der Waals surface area contributed by atoms with Crippen LogP contribution in [0.2, 0.25) is 0 Å². The van der Waals surface area contributed by atoms with Crippen LogP contribution < -0.4 is 4.74 Å². The van der Waals surface area contributed by atoms with Gasteiger partial charge in [0, 0.05) is 12.0 Å². The molecular weight excluding hydrogens is 288 g/mol. The lowest BCUT2D eigenvalue weighted by Crippen LogP contribution is -2.23. The van der Waals surface area contributed by atoms with Gasteiger partial charge in [0.15, 0.2) is 0 Å². The molecule has 0 saturated carbocycles. The van der Waals surface area contributed by atoms with E-state index in [-0.39, 0.29) is 12.0 Å². The third kappa shape index (κ3) is 4.81. The number of aliphatic hydroxyl groups is 1. The summed E-state index contributed by atoms with van der Waals surface area (Å²) < 4.78 is 10.8. The van der Waals surface area contributed by atoms with Crippen molar-refractivity contribution in [2.45, 2.75) is 32.3 Å². The van der Waals surface area contributed by atoms with Crippen LogP contribution in [0.3, 0.4) is 0 Å². The maximum atomic E-state index is 9.72. The molecule has 1 N–H and O–H groups in total. The summed E-state index contributed by atoms with van der Waals surface area (Å²) in [4.78, 5) is 0. The van der Waals surface area contributed by atoms with Crippen molar-refractivity contribution in [2.75, 3.05) is 19.8 Å². The first-order chi connectivity index (χ1) is 11.0. The van der Waals surface area contributed by atoms with E-state index >= 15 is 0 Å². The fourth-order valence-corrected chi connectivity index (χ4v) is 2.48. The van der Waals surface area contributed by atoms with Crippen LogP contribution in [0.15, 0.2) is 54.6 Å². The van der Waals surface area contributed by atoms with E-state index in [2.05, 4.69) is 50.2 Å². The molecule has 0 aliphatic carbocycles. The van der Waals surface area contributed by atoms with Crippen molar-refractivity contribution >= 4 is 0 Å². The summed E-state index contributed by atoms with van der Waals surface area (Å²) in [5, 5.41) is 9.72. The largest absolute Gasteiger partial charge is 0.491 e. The van der Waals surface area contributed by atoms with Gasteiger partial charge in [0.25, 0.3) is 0 Å². The second-order valence-corrected chi connectivity index (χ2v) is 6.14. The molecule has 1 atom stereocenters. The molecule has 0 amide bonds. The van der Waals surface area contributed by atoms with Gasteiger partial charge in [-0.15, -0.1) is 0 Å². The second-order valence-electron chi connectivity index (χ2n) is 6.14. The SMILES string of the molecule is CCOCC(O)COc1ccc(C(C)(C)c2ccccc2)cc1. The fraction of sp³-hybridized carbons (Fsp3) is 0.400. The summed E-state index contributed by atoms with van der Waals surface area (Å²) in [6.45, 7) is 7.46. The number of hydrogen-bond acceptors (Lipinski definition) is 3. The molecule has 0 aromatic heterocycles. The van der Waals surface area contributed by atoms with Crippen LogP contribution in [-0.2, 0) is 10.2 Å². The van der Waals surface area contributed by atoms with E-state index in [0.717, 1.165) is 5.75 Å². The Morgan fingerprint density at radius 2 is 1.52 bits per heavy atom. The highest BCUT2D eigenvalue weighted by atomic mass is 16.5. The van der Waals surface area contributed by atoms with Crippen LogP contribution in [0.25, 0.3) is 0 Å². The van der Waals surface area contributed by atoms with Gasteiger partial charge in [0.1, 0.15) is 18.5 Å².